The zero-order valence-electron chi connectivity index (χ0n) is 12.3. The fourth-order valence-electron chi connectivity index (χ4n) is 2.73. The van der Waals surface area contributed by atoms with Gasteiger partial charge in [-0.05, 0) is 48.7 Å². The molecule has 0 saturated heterocycles. The molecular weight excluding hydrogens is 262 g/mol. The highest BCUT2D eigenvalue weighted by Crippen LogP contribution is 2.28. The van der Waals surface area contributed by atoms with E-state index in [0.717, 1.165) is 29.8 Å². The molecule has 0 bridgehead atoms. The monoisotopic (exact) mass is 283 g/mol. The van der Waals surface area contributed by atoms with E-state index in [9.17, 15) is 5.11 Å². The molecule has 0 aromatic heterocycles. The summed E-state index contributed by atoms with van der Waals surface area (Å²) in [7, 11) is 0. The van der Waals surface area contributed by atoms with Crippen molar-refractivity contribution in [2.24, 2.45) is 0 Å². The van der Waals surface area contributed by atoms with Gasteiger partial charge in [0, 0.05) is 6.04 Å². The number of aliphatic hydroxyl groups excluding tert-OH is 1. The van der Waals surface area contributed by atoms with Crippen LogP contribution < -0.4 is 10.1 Å². The second-order valence-electron chi connectivity index (χ2n) is 5.57. The third kappa shape index (κ3) is 3.26. The van der Waals surface area contributed by atoms with Crippen LogP contribution in [0.15, 0.2) is 48.5 Å². The molecule has 0 aliphatic carbocycles. The topological polar surface area (TPSA) is 41.5 Å². The lowest BCUT2D eigenvalue weighted by atomic mass is 9.98. The first-order valence-electron chi connectivity index (χ1n) is 7.45. The van der Waals surface area contributed by atoms with Crippen LogP contribution in [-0.4, -0.2) is 17.7 Å². The minimum Gasteiger partial charge on any atom is -0.489 e. The van der Waals surface area contributed by atoms with Gasteiger partial charge in [-0.15, -0.1) is 0 Å². The molecule has 2 atom stereocenters. The van der Waals surface area contributed by atoms with Gasteiger partial charge in [-0.2, -0.15) is 0 Å². The summed E-state index contributed by atoms with van der Waals surface area (Å²) < 4.78 is 5.86. The molecule has 0 unspecified atom stereocenters. The molecule has 3 heteroatoms. The summed E-state index contributed by atoms with van der Waals surface area (Å²) in [5.74, 6) is 0.861. The minimum absolute atomic E-state index is 0.0855. The Balaban J connectivity index is 1.75. The molecule has 1 aliphatic rings. The van der Waals surface area contributed by atoms with E-state index < -0.39 is 6.10 Å². The van der Waals surface area contributed by atoms with E-state index in [0.29, 0.717) is 6.61 Å². The van der Waals surface area contributed by atoms with Crippen molar-refractivity contribution in [2.75, 3.05) is 6.54 Å². The van der Waals surface area contributed by atoms with Gasteiger partial charge < -0.3 is 15.2 Å². The molecule has 0 saturated carbocycles. The second kappa shape index (κ2) is 6.29. The Morgan fingerprint density at radius 1 is 1.19 bits per heavy atom. The van der Waals surface area contributed by atoms with Crippen molar-refractivity contribution in [1.82, 2.24) is 5.32 Å². The van der Waals surface area contributed by atoms with Gasteiger partial charge in [-0.1, -0.05) is 36.4 Å². The van der Waals surface area contributed by atoms with Gasteiger partial charge >= 0.3 is 0 Å². The second-order valence-corrected chi connectivity index (χ2v) is 5.57. The van der Waals surface area contributed by atoms with Crippen molar-refractivity contribution in [1.29, 1.82) is 0 Å². The third-order valence-electron chi connectivity index (χ3n) is 4.02. The SMILES string of the molecule is C[C@@H]1NCCc2cc(OCc3ccccc3)ccc2[C@H]1O. The number of ether oxygens (including phenoxy) is 1. The van der Waals surface area contributed by atoms with Crippen LogP contribution in [0, 0.1) is 0 Å². The average molecular weight is 283 g/mol. The maximum absolute atomic E-state index is 10.3. The van der Waals surface area contributed by atoms with Crippen LogP contribution in [0.2, 0.25) is 0 Å². The number of hydrogen-bond donors (Lipinski definition) is 2. The molecule has 21 heavy (non-hydrogen) atoms. The van der Waals surface area contributed by atoms with Crippen LogP contribution in [0.5, 0.6) is 5.75 Å². The van der Waals surface area contributed by atoms with Crippen LogP contribution >= 0.6 is 0 Å². The molecule has 2 aromatic rings. The Hall–Kier alpha value is -1.84. The first-order valence-corrected chi connectivity index (χ1v) is 7.45. The van der Waals surface area contributed by atoms with Gasteiger partial charge in [0.25, 0.3) is 0 Å². The summed E-state index contributed by atoms with van der Waals surface area (Å²) in [4.78, 5) is 0. The quantitative estimate of drug-likeness (QED) is 0.910. The van der Waals surface area contributed by atoms with E-state index in [4.69, 9.17) is 4.74 Å². The Kier molecular flexibility index (Phi) is 4.23. The summed E-state index contributed by atoms with van der Waals surface area (Å²) in [5.41, 5.74) is 3.34. The molecular formula is C18H21NO2. The first-order chi connectivity index (χ1) is 10.2. The standard InChI is InChI=1S/C18H21NO2/c1-13-18(20)17-8-7-16(11-15(17)9-10-19-13)21-12-14-5-3-2-4-6-14/h2-8,11,13,18-20H,9-10,12H2,1H3/t13-,18-/m0/s1. The van der Waals surface area contributed by atoms with Crippen LogP contribution in [0.3, 0.4) is 0 Å². The van der Waals surface area contributed by atoms with Gasteiger partial charge in [0.1, 0.15) is 12.4 Å². The van der Waals surface area contributed by atoms with Crippen LogP contribution in [0.1, 0.15) is 29.7 Å². The Morgan fingerprint density at radius 2 is 2.00 bits per heavy atom. The molecule has 0 fully saturated rings. The summed E-state index contributed by atoms with van der Waals surface area (Å²) in [6.45, 7) is 3.46. The number of aliphatic hydroxyl groups is 1. The minimum atomic E-state index is -0.453. The lowest BCUT2D eigenvalue weighted by Crippen LogP contribution is -2.30. The summed E-state index contributed by atoms with van der Waals surface area (Å²) in [6, 6.07) is 16.2. The number of rotatable bonds is 3. The predicted molar refractivity (Wildman–Crippen MR) is 83.3 cm³/mol. The van der Waals surface area contributed by atoms with Crippen LogP contribution in [0.4, 0.5) is 0 Å². The fraction of sp³-hybridized carbons (Fsp3) is 0.333. The number of hydrogen-bond acceptors (Lipinski definition) is 3. The van der Waals surface area contributed by atoms with E-state index in [2.05, 4.69) is 23.5 Å². The lowest BCUT2D eigenvalue weighted by molar-refractivity contribution is 0.140. The molecule has 2 aromatic carbocycles. The zero-order valence-corrected chi connectivity index (χ0v) is 12.3. The molecule has 0 spiro atoms. The van der Waals surface area contributed by atoms with Crippen LogP contribution in [-0.2, 0) is 13.0 Å². The normalized spacial score (nSPS) is 21.4. The zero-order chi connectivity index (χ0) is 14.7. The summed E-state index contributed by atoms with van der Waals surface area (Å²) >= 11 is 0. The lowest BCUT2D eigenvalue weighted by Gasteiger charge is -2.18. The highest BCUT2D eigenvalue weighted by Gasteiger charge is 2.22. The Morgan fingerprint density at radius 3 is 2.81 bits per heavy atom. The summed E-state index contributed by atoms with van der Waals surface area (Å²) in [5, 5.41) is 13.6. The van der Waals surface area contributed by atoms with E-state index in [1.165, 1.54) is 5.56 Å². The van der Waals surface area contributed by atoms with Crippen LogP contribution in [0.25, 0.3) is 0 Å². The number of nitrogens with one attached hydrogen (secondary N) is 1. The third-order valence-corrected chi connectivity index (χ3v) is 4.02. The van der Waals surface area contributed by atoms with Gasteiger partial charge in [-0.3, -0.25) is 0 Å². The molecule has 1 aliphatic heterocycles. The van der Waals surface area contributed by atoms with Crippen molar-refractivity contribution >= 4 is 0 Å². The molecule has 3 nitrogen and oxygen atoms in total. The molecule has 3 rings (SSSR count). The van der Waals surface area contributed by atoms with Gasteiger partial charge in [0.15, 0.2) is 0 Å². The maximum atomic E-state index is 10.3. The molecule has 110 valence electrons. The molecule has 1 heterocycles. The number of benzene rings is 2. The largest absolute Gasteiger partial charge is 0.489 e. The van der Waals surface area contributed by atoms with E-state index >= 15 is 0 Å². The van der Waals surface area contributed by atoms with Crippen molar-refractivity contribution in [3.8, 4) is 5.75 Å². The van der Waals surface area contributed by atoms with Gasteiger partial charge in [0.05, 0.1) is 6.10 Å². The highest BCUT2D eigenvalue weighted by molar-refractivity contribution is 5.38. The Labute approximate surface area is 125 Å². The van der Waals surface area contributed by atoms with Crippen molar-refractivity contribution in [3.05, 3.63) is 65.2 Å². The van der Waals surface area contributed by atoms with Crippen molar-refractivity contribution < 1.29 is 9.84 Å². The van der Waals surface area contributed by atoms with E-state index in [1.807, 2.05) is 37.3 Å². The van der Waals surface area contributed by atoms with Crippen molar-refractivity contribution in [2.45, 2.75) is 32.1 Å². The Bertz CT molecular complexity index is 597. The summed E-state index contributed by atoms with van der Waals surface area (Å²) in [6.07, 6.45) is 0.463. The van der Waals surface area contributed by atoms with Gasteiger partial charge in [0.2, 0.25) is 0 Å². The van der Waals surface area contributed by atoms with Gasteiger partial charge in [-0.25, -0.2) is 0 Å². The predicted octanol–water partition coefficient (Wildman–Crippen LogP) is 2.83. The first kappa shape index (κ1) is 14.1. The van der Waals surface area contributed by atoms with E-state index in [-0.39, 0.29) is 6.04 Å². The highest BCUT2D eigenvalue weighted by atomic mass is 16.5. The molecule has 0 amide bonds. The smallest absolute Gasteiger partial charge is 0.120 e. The fourth-order valence-corrected chi connectivity index (χ4v) is 2.73. The molecule has 2 N–H and O–H groups in total. The average Bonchev–Trinajstić information content (AvgIpc) is 2.66. The van der Waals surface area contributed by atoms with E-state index in [1.54, 1.807) is 0 Å². The van der Waals surface area contributed by atoms with Crippen molar-refractivity contribution in [3.63, 3.8) is 0 Å². The number of fused-ring (bicyclic) bond motifs is 1. The molecule has 0 radical (unpaired) electrons. The maximum Gasteiger partial charge on any atom is 0.120 e.